The molecule has 1 atom stereocenters. The number of rotatable bonds is 6. The van der Waals surface area contributed by atoms with Crippen molar-refractivity contribution in [2.45, 2.75) is 25.3 Å². The van der Waals surface area contributed by atoms with E-state index in [0.29, 0.717) is 13.0 Å². The van der Waals surface area contributed by atoms with Crippen LogP contribution in [0.1, 0.15) is 19.3 Å². The molecule has 0 rings (SSSR count). The summed E-state index contributed by atoms with van der Waals surface area (Å²) in [5, 5.41) is 0. The molecule has 0 unspecified atom stereocenters. The topological polar surface area (TPSA) is 117 Å². The summed E-state index contributed by atoms with van der Waals surface area (Å²) >= 11 is 0. The van der Waals surface area contributed by atoms with Gasteiger partial charge in [-0.15, -0.1) is 24.8 Å². The van der Waals surface area contributed by atoms with Gasteiger partial charge in [-0.3, -0.25) is 9.79 Å². The van der Waals surface area contributed by atoms with Gasteiger partial charge in [0, 0.05) is 6.54 Å². The fourth-order valence-electron chi connectivity index (χ4n) is 0.953. The molecule has 6 N–H and O–H groups in total. The Bertz CT molecular complexity index is 210. The van der Waals surface area contributed by atoms with E-state index in [1.807, 2.05) is 0 Å². The number of halogens is 2. The molecular formula is C8H20Cl2N4O2. The molecule has 0 heterocycles. The maximum atomic E-state index is 10.9. The number of hydrogen-bond donors (Lipinski definition) is 3. The quantitative estimate of drug-likeness (QED) is 0.268. The zero-order chi connectivity index (χ0) is 11.0. The molecule has 0 aromatic carbocycles. The van der Waals surface area contributed by atoms with Crippen LogP contribution in [0.5, 0.6) is 0 Å². The zero-order valence-electron chi connectivity index (χ0n) is 9.22. The molecule has 0 spiro atoms. The van der Waals surface area contributed by atoms with Crippen LogP contribution in [-0.2, 0) is 9.53 Å². The predicted octanol–water partition coefficient (Wildman–Crippen LogP) is -0.226. The average molecular weight is 275 g/mol. The van der Waals surface area contributed by atoms with Gasteiger partial charge in [0.05, 0.1) is 7.11 Å². The highest BCUT2D eigenvalue weighted by molar-refractivity contribution is 5.85. The molecule has 8 heteroatoms. The SMILES string of the molecule is COC(=O)[C@@H](N)CCCCN=C(N)N.Cl.Cl. The van der Waals surface area contributed by atoms with Crippen molar-refractivity contribution < 1.29 is 9.53 Å². The Morgan fingerprint density at radius 2 is 1.88 bits per heavy atom. The van der Waals surface area contributed by atoms with Gasteiger partial charge in [-0.25, -0.2) is 0 Å². The van der Waals surface area contributed by atoms with Crippen LogP contribution in [0.4, 0.5) is 0 Å². The lowest BCUT2D eigenvalue weighted by molar-refractivity contribution is -0.142. The number of aliphatic imine (C=N–C) groups is 1. The van der Waals surface area contributed by atoms with E-state index in [0.717, 1.165) is 12.8 Å². The Morgan fingerprint density at radius 3 is 2.31 bits per heavy atom. The van der Waals surface area contributed by atoms with Gasteiger partial charge >= 0.3 is 5.97 Å². The average Bonchev–Trinajstić information content (AvgIpc) is 2.15. The largest absolute Gasteiger partial charge is 0.468 e. The number of ether oxygens (including phenoxy) is 1. The number of nitrogens with two attached hydrogens (primary N) is 3. The molecular weight excluding hydrogens is 255 g/mol. The van der Waals surface area contributed by atoms with Gasteiger partial charge in [0.2, 0.25) is 0 Å². The van der Waals surface area contributed by atoms with Gasteiger partial charge in [-0.2, -0.15) is 0 Å². The number of carbonyl (C=O) groups is 1. The Balaban J connectivity index is -0.000000845. The second kappa shape index (κ2) is 12.4. The first-order chi connectivity index (χ1) is 6.57. The third-order valence-electron chi connectivity index (χ3n) is 1.72. The van der Waals surface area contributed by atoms with Crippen LogP contribution < -0.4 is 17.2 Å². The fraction of sp³-hybridized carbons (Fsp3) is 0.750. The fourth-order valence-corrected chi connectivity index (χ4v) is 0.953. The summed E-state index contributed by atoms with van der Waals surface area (Å²) in [6.45, 7) is 0.566. The number of guanidine groups is 1. The van der Waals surface area contributed by atoms with Crippen LogP contribution in [0.15, 0.2) is 4.99 Å². The van der Waals surface area contributed by atoms with E-state index in [1.54, 1.807) is 0 Å². The minimum absolute atomic E-state index is 0. The maximum absolute atomic E-state index is 10.9. The number of nitrogens with zero attached hydrogens (tertiary/aromatic N) is 1. The highest BCUT2D eigenvalue weighted by Crippen LogP contribution is 2.00. The first kappa shape index (κ1) is 20.7. The predicted molar refractivity (Wildman–Crippen MR) is 69.0 cm³/mol. The number of hydrogen-bond acceptors (Lipinski definition) is 4. The molecule has 0 radical (unpaired) electrons. The smallest absolute Gasteiger partial charge is 0.322 e. The summed E-state index contributed by atoms with van der Waals surface area (Å²) in [7, 11) is 1.32. The van der Waals surface area contributed by atoms with Crippen LogP contribution in [0.25, 0.3) is 0 Å². The Hall–Kier alpha value is -0.720. The Labute approximate surface area is 108 Å². The normalized spacial score (nSPS) is 10.4. The maximum Gasteiger partial charge on any atom is 0.322 e. The number of esters is 1. The third-order valence-corrected chi connectivity index (χ3v) is 1.72. The molecule has 0 saturated heterocycles. The number of carbonyl (C=O) groups excluding carboxylic acids is 1. The summed E-state index contributed by atoms with van der Waals surface area (Å²) in [5.41, 5.74) is 15.8. The lowest BCUT2D eigenvalue weighted by atomic mass is 10.1. The molecule has 0 fully saturated rings. The molecule has 16 heavy (non-hydrogen) atoms. The molecule has 0 aromatic rings. The van der Waals surface area contributed by atoms with Gasteiger partial charge in [-0.05, 0) is 19.3 Å². The van der Waals surface area contributed by atoms with Crippen molar-refractivity contribution in [2.24, 2.45) is 22.2 Å². The van der Waals surface area contributed by atoms with Crippen molar-refractivity contribution in [2.75, 3.05) is 13.7 Å². The van der Waals surface area contributed by atoms with Gasteiger partial charge in [0.25, 0.3) is 0 Å². The number of unbranched alkanes of at least 4 members (excludes halogenated alkanes) is 1. The minimum atomic E-state index is -0.542. The second-order valence-corrected chi connectivity index (χ2v) is 2.93. The van der Waals surface area contributed by atoms with Crippen molar-refractivity contribution in [3.63, 3.8) is 0 Å². The summed E-state index contributed by atoms with van der Waals surface area (Å²) in [5.74, 6) is -0.297. The molecule has 6 nitrogen and oxygen atoms in total. The van der Waals surface area contributed by atoms with E-state index in [1.165, 1.54) is 7.11 Å². The van der Waals surface area contributed by atoms with Crippen LogP contribution in [0.2, 0.25) is 0 Å². The summed E-state index contributed by atoms with van der Waals surface area (Å²) < 4.78 is 4.48. The summed E-state index contributed by atoms with van der Waals surface area (Å²) in [6, 6.07) is -0.542. The number of methoxy groups -OCH3 is 1. The van der Waals surface area contributed by atoms with Crippen molar-refractivity contribution in [3.05, 3.63) is 0 Å². The van der Waals surface area contributed by atoms with Crippen LogP contribution in [0, 0.1) is 0 Å². The molecule has 0 aliphatic carbocycles. The molecule has 0 saturated carbocycles. The van der Waals surface area contributed by atoms with Crippen molar-refractivity contribution >= 4 is 36.7 Å². The van der Waals surface area contributed by atoms with Crippen LogP contribution in [0.3, 0.4) is 0 Å². The highest BCUT2D eigenvalue weighted by Gasteiger charge is 2.12. The Morgan fingerprint density at radius 1 is 1.31 bits per heavy atom. The monoisotopic (exact) mass is 274 g/mol. The molecule has 0 aromatic heterocycles. The van der Waals surface area contributed by atoms with E-state index < -0.39 is 6.04 Å². The van der Waals surface area contributed by atoms with E-state index >= 15 is 0 Å². The van der Waals surface area contributed by atoms with E-state index in [-0.39, 0.29) is 36.7 Å². The van der Waals surface area contributed by atoms with Crippen molar-refractivity contribution in [1.82, 2.24) is 0 Å². The lowest BCUT2D eigenvalue weighted by Crippen LogP contribution is -2.31. The minimum Gasteiger partial charge on any atom is -0.468 e. The van der Waals surface area contributed by atoms with Gasteiger partial charge in [0.15, 0.2) is 5.96 Å². The van der Waals surface area contributed by atoms with Gasteiger partial charge in [-0.1, -0.05) is 0 Å². The van der Waals surface area contributed by atoms with Gasteiger partial charge in [0.1, 0.15) is 6.04 Å². The third kappa shape index (κ3) is 11.4. The molecule has 0 amide bonds. The van der Waals surface area contributed by atoms with E-state index in [9.17, 15) is 4.79 Å². The lowest BCUT2D eigenvalue weighted by Gasteiger charge is -2.07. The van der Waals surface area contributed by atoms with Crippen LogP contribution in [-0.4, -0.2) is 31.6 Å². The van der Waals surface area contributed by atoms with E-state index in [4.69, 9.17) is 17.2 Å². The zero-order valence-corrected chi connectivity index (χ0v) is 10.9. The molecule has 0 aliphatic rings. The summed E-state index contributed by atoms with van der Waals surface area (Å²) in [6.07, 6.45) is 2.20. The Kier molecular flexibility index (Phi) is 15.9. The highest BCUT2D eigenvalue weighted by atomic mass is 35.5. The molecule has 0 aliphatic heterocycles. The molecule has 0 bridgehead atoms. The van der Waals surface area contributed by atoms with Crippen molar-refractivity contribution in [1.29, 1.82) is 0 Å². The van der Waals surface area contributed by atoms with Crippen molar-refractivity contribution in [3.8, 4) is 0 Å². The second-order valence-electron chi connectivity index (χ2n) is 2.93. The van der Waals surface area contributed by atoms with Crippen LogP contribution >= 0.6 is 24.8 Å². The first-order valence-electron chi connectivity index (χ1n) is 4.46. The summed E-state index contributed by atoms with van der Waals surface area (Å²) in [4.78, 5) is 14.7. The van der Waals surface area contributed by atoms with E-state index in [2.05, 4.69) is 9.73 Å². The molecule has 98 valence electrons. The van der Waals surface area contributed by atoms with Gasteiger partial charge < -0.3 is 21.9 Å². The first-order valence-corrected chi connectivity index (χ1v) is 4.46. The standard InChI is InChI=1S/C8H18N4O2.2ClH/c1-14-7(13)6(9)4-2-3-5-12-8(10)11;;/h6H,2-5,9H2,1H3,(H4,10,11,12);2*1H/t6-;;/m0../s1.